The SMILES string of the molecule is CCCC/C=C\C(CCCCCCC(=O)NC(CCCN)C(=O)O)OC(=O)CCCCCCCCCCCCCCCCCCCCCCCC. The number of allylic oxidation sites excluding steroid dienone is 1. The van der Waals surface area contributed by atoms with Gasteiger partial charge in [-0.3, -0.25) is 9.59 Å². The Morgan fingerprint density at radius 2 is 1.00 bits per heavy atom. The molecule has 0 fully saturated rings. The van der Waals surface area contributed by atoms with Crippen molar-refractivity contribution in [2.24, 2.45) is 5.73 Å². The first-order valence-corrected chi connectivity index (χ1v) is 22.0. The lowest BCUT2D eigenvalue weighted by Gasteiger charge is -2.15. The Labute approximate surface area is 315 Å². The van der Waals surface area contributed by atoms with Crippen LogP contribution in [-0.4, -0.2) is 41.6 Å². The molecule has 0 radical (unpaired) electrons. The van der Waals surface area contributed by atoms with Crippen LogP contribution >= 0.6 is 0 Å². The molecule has 0 aliphatic heterocycles. The zero-order chi connectivity index (χ0) is 37.5. The van der Waals surface area contributed by atoms with Crippen molar-refractivity contribution in [1.82, 2.24) is 5.32 Å². The fraction of sp³-hybridized carbons (Fsp3) is 0.886. The predicted octanol–water partition coefficient (Wildman–Crippen LogP) is 12.3. The van der Waals surface area contributed by atoms with Crippen LogP contribution in [0, 0.1) is 0 Å². The number of carbonyl (C=O) groups is 3. The van der Waals surface area contributed by atoms with Crippen molar-refractivity contribution in [2.45, 2.75) is 244 Å². The molecule has 0 aromatic carbocycles. The average molecular weight is 721 g/mol. The summed E-state index contributed by atoms with van der Waals surface area (Å²) in [6, 6.07) is -0.866. The summed E-state index contributed by atoms with van der Waals surface area (Å²) in [6.45, 7) is 4.87. The monoisotopic (exact) mass is 721 g/mol. The molecule has 0 aromatic rings. The number of amides is 1. The molecule has 0 aliphatic rings. The summed E-state index contributed by atoms with van der Waals surface area (Å²) in [5, 5.41) is 11.9. The van der Waals surface area contributed by atoms with E-state index in [1.165, 1.54) is 128 Å². The highest BCUT2D eigenvalue weighted by atomic mass is 16.5. The topological polar surface area (TPSA) is 119 Å². The molecule has 0 saturated heterocycles. The number of aliphatic carboxylic acids is 1. The number of ether oxygens (including phenoxy) is 1. The molecule has 2 atom stereocenters. The fourth-order valence-electron chi connectivity index (χ4n) is 6.70. The van der Waals surface area contributed by atoms with E-state index in [4.69, 9.17) is 10.5 Å². The van der Waals surface area contributed by atoms with Crippen molar-refractivity contribution in [3.63, 3.8) is 0 Å². The van der Waals surface area contributed by atoms with Crippen molar-refractivity contribution >= 4 is 17.8 Å². The molecule has 1 amide bonds. The van der Waals surface area contributed by atoms with Gasteiger partial charge in [0.15, 0.2) is 0 Å². The number of carboxylic acid groups (broad SMARTS) is 1. The fourth-order valence-corrected chi connectivity index (χ4v) is 6.70. The molecule has 0 aromatic heterocycles. The average Bonchev–Trinajstić information content (AvgIpc) is 3.11. The number of carbonyl (C=O) groups excluding carboxylic acids is 2. The van der Waals surface area contributed by atoms with E-state index in [-0.39, 0.29) is 18.0 Å². The standard InChI is InChI=1S/C44H84N2O5/c1-3-5-7-9-10-11-12-13-14-15-16-17-18-19-20-21-22-23-24-25-26-32-38-43(48)51-40(34-29-8-6-4-2)35-30-27-28-31-37-42(47)46-41(44(49)50)36-33-39-45/h29,34,40-41H,3-28,30-33,35-39,45H2,1-2H3,(H,46,47)(H,49,50)/b34-29-. The maximum atomic E-state index is 12.6. The Morgan fingerprint density at radius 3 is 1.45 bits per heavy atom. The summed E-state index contributed by atoms with van der Waals surface area (Å²) in [7, 11) is 0. The van der Waals surface area contributed by atoms with Crippen molar-refractivity contribution in [3.05, 3.63) is 12.2 Å². The molecule has 0 bridgehead atoms. The van der Waals surface area contributed by atoms with Crippen molar-refractivity contribution < 1.29 is 24.2 Å². The molecule has 51 heavy (non-hydrogen) atoms. The Bertz CT molecular complexity index is 817. The van der Waals surface area contributed by atoms with Gasteiger partial charge in [-0.05, 0) is 57.6 Å². The van der Waals surface area contributed by atoms with Crippen LogP contribution in [0.25, 0.3) is 0 Å². The molecule has 4 N–H and O–H groups in total. The normalized spacial score (nSPS) is 12.7. The van der Waals surface area contributed by atoms with E-state index >= 15 is 0 Å². The van der Waals surface area contributed by atoms with Crippen LogP contribution < -0.4 is 11.1 Å². The minimum absolute atomic E-state index is 0.0902. The van der Waals surface area contributed by atoms with Gasteiger partial charge in [0.25, 0.3) is 0 Å². The minimum atomic E-state index is -1.01. The maximum absolute atomic E-state index is 12.6. The Balaban J connectivity index is 3.85. The van der Waals surface area contributed by atoms with E-state index in [1.807, 2.05) is 0 Å². The van der Waals surface area contributed by atoms with Crippen LogP contribution in [0.15, 0.2) is 12.2 Å². The zero-order valence-electron chi connectivity index (χ0n) is 33.7. The minimum Gasteiger partial charge on any atom is -0.480 e. The maximum Gasteiger partial charge on any atom is 0.326 e. The second-order valence-corrected chi connectivity index (χ2v) is 15.1. The number of hydrogen-bond donors (Lipinski definition) is 3. The largest absolute Gasteiger partial charge is 0.480 e. The van der Waals surface area contributed by atoms with E-state index in [1.54, 1.807) is 0 Å². The molecule has 7 heteroatoms. The quantitative estimate of drug-likeness (QED) is 0.0329. The van der Waals surface area contributed by atoms with Crippen LogP contribution in [0.3, 0.4) is 0 Å². The summed E-state index contributed by atoms with van der Waals surface area (Å²) in [6.07, 6.45) is 43.2. The van der Waals surface area contributed by atoms with Gasteiger partial charge in [-0.15, -0.1) is 0 Å². The summed E-state index contributed by atoms with van der Waals surface area (Å²) in [5.41, 5.74) is 5.47. The van der Waals surface area contributed by atoms with Gasteiger partial charge < -0.3 is 20.9 Å². The van der Waals surface area contributed by atoms with Crippen molar-refractivity contribution in [3.8, 4) is 0 Å². The van der Waals surface area contributed by atoms with Crippen molar-refractivity contribution in [2.75, 3.05) is 6.54 Å². The summed E-state index contributed by atoms with van der Waals surface area (Å²) >= 11 is 0. The number of carboxylic acids is 1. The smallest absolute Gasteiger partial charge is 0.326 e. The lowest BCUT2D eigenvalue weighted by atomic mass is 10.0. The Hall–Kier alpha value is -1.89. The number of nitrogens with two attached hydrogens (primary N) is 1. The Kier molecular flexibility index (Phi) is 37.9. The van der Waals surface area contributed by atoms with Gasteiger partial charge in [-0.2, -0.15) is 0 Å². The molecule has 2 unspecified atom stereocenters. The van der Waals surface area contributed by atoms with Gasteiger partial charge in [0.1, 0.15) is 12.1 Å². The summed E-state index contributed by atoms with van der Waals surface area (Å²) in [4.78, 5) is 36.1. The van der Waals surface area contributed by atoms with Crippen LogP contribution in [0.1, 0.15) is 232 Å². The number of unbranched alkanes of at least 4 members (excludes halogenated alkanes) is 26. The van der Waals surface area contributed by atoms with Gasteiger partial charge >= 0.3 is 11.9 Å². The molecular weight excluding hydrogens is 636 g/mol. The van der Waals surface area contributed by atoms with Crippen LogP contribution in [-0.2, 0) is 19.1 Å². The predicted molar refractivity (Wildman–Crippen MR) is 216 cm³/mol. The molecule has 0 aliphatic carbocycles. The molecule has 7 nitrogen and oxygen atoms in total. The van der Waals surface area contributed by atoms with Gasteiger partial charge in [-0.25, -0.2) is 4.79 Å². The van der Waals surface area contributed by atoms with E-state index in [9.17, 15) is 19.5 Å². The molecule has 300 valence electrons. The van der Waals surface area contributed by atoms with Gasteiger partial charge in [0.2, 0.25) is 5.91 Å². The first kappa shape index (κ1) is 49.1. The lowest BCUT2D eigenvalue weighted by molar-refractivity contribution is -0.147. The van der Waals surface area contributed by atoms with Gasteiger partial charge in [-0.1, -0.05) is 180 Å². The number of esters is 1. The van der Waals surface area contributed by atoms with E-state index in [0.717, 1.165) is 57.8 Å². The summed E-state index contributed by atoms with van der Waals surface area (Å²) < 4.78 is 5.87. The third kappa shape index (κ3) is 36.3. The van der Waals surface area contributed by atoms with Crippen molar-refractivity contribution in [1.29, 1.82) is 0 Å². The third-order valence-corrected chi connectivity index (χ3v) is 10.1. The van der Waals surface area contributed by atoms with Crippen LogP contribution in [0.5, 0.6) is 0 Å². The van der Waals surface area contributed by atoms with Crippen LogP contribution in [0.2, 0.25) is 0 Å². The third-order valence-electron chi connectivity index (χ3n) is 10.1. The molecule has 0 rings (SSSR count). The van der Waals surface area contributed by atoms with E-state index < -0.39 is 12.0 Å². The molecular formula is C44H84N2O5. The Morgan fingerprint density at radius 1 is 0.569 bits per heavy atom. The highest BCUT2D eigenvalue weighted by molar-refractivity contribution is 5.83. The number of rotatable bonds is 40. The number of nitrogens with one attached hydrogen (secondary N) is 1. The second-order valence-electron chi connectivity index (χ2n) is 15.1. The molecule has 0 spiro atoms. The van der Waals surface area contributed by atoms with Crippen LogP contribution in [0.4, 0.5) is 0 Å². The first-order chi connectivity index (χ1) is 24.9. The molecule has 0 saturated carbocycles. The number of hydrogen-bond acceptors (Lipinski definition) is 5. The van der Waals surface area contributed by atoms with E-state index in [0.29, 0.717) is 38.6 Å². The van der Waals surface area contributed by atoms with Gasteiger partial charge in [0.05, 0.1) is 0 Å². The lowest BCUT2D eigenvalue weighted by Crippen LogP contribution is -2.40. The molecule has 0 heterocycles. The highest BCUT2D eigenvalue weighted by Gasteiger charge is 2.19. The second kappa shape index (κ2) is 39.3. The van der Waals surface area contributed by atoms with Gasteiger partial charge in [0, 0.05) is 12.8 Å². The summed E-state index contributed by atoms with van der Waals surface area (Å²) in [5.74, 6) is -1.33. The highest BCUT2D eigenvalue weighted by Crippen LogP contribution is 2.17. The first-order valence-electron chi connectivity index (χ1n) is 22.0. The zero-order valence-corrected chi connectivity index (χ0v) is 33.7. The van der Waals surface area contributed by atoms with E-state index in [2.05, 4.69) is 31.3 Å².